The monoisotopic (exact) mass is 225 g/mol. The topological polar surface area (TPSA) is 21.3 Å². The maximum absolute atomic E-state index is 5.87. The Morgan fingerprint density at radius 2 is 2.27 bits per heavy atom. The van der Waals surface area contributed by atoms with Crippen LogP contribution in [-0.4, -0.2) is 20.7 Å². The summed E-state index contributed by atoms with van der Waals surface area (Å²) in [5, 5.41) is 3.78. The Bertz CT molecular complexity index is 336. The molecule has 0 radical (unpaired) electrons. The zero-order chi connectivity index (χ0) is 11.1. The normalized spacial score (nSPS) is 10.9. The molecule has 0 aliphatic rings. The minimum atomic E-state index is 0.694. The van der Waals surface area contributed by atoms with Crippen molar-refractivity contribution in [2.75, 3.05) is 20.7 Å². The lowest BCUT2D eigenvalue weighted by Gasteiger charge is -2.04. The van der Waals surface area contributed by atoms with Crippen LogP contribution < -0.4 is 10.1 Å². The fourth-order valence-corrected chi connectivity index (χ4v) is 1.42. The standard InChI is InChI=1S/C12H16ClNO/c1-14-8-4-3-5-10-6-7-11(13)9-12(10)15-2/h3,5-7,9,14H,4,8H2,1-2H3. The highest BCUT2D eigenvalue weighted by Crippen LogP contribution is 2.24. The molecule has 0 saturated heterocycles. The van der Waals surface area contributed by atoms with Crippen molar-refractivity contribution in [2.45, 2.75) is 6.42 Å². The van der Waals surface area contributed by atoms with Crippen molar-refractivity contribution < 1.29 is 4.74 Å². The number of nitrogens with one attached hydrogen (secondary N) is 1. The van der Waals surface area contributed by atoms with Crippen LogP contribution in [0.2, 0.25) is 5.02 Å². The van der Waals surface area contributed by atoms with Gasteiger partial charge in [0.2, 0.25) is 0 Å². The number of halogens is 1. The van der Waals surface area contributed by atoms with Gasteiger partial charge in [0.05, 0.1) is 7.11 Å². The van der Waals surface area contributed by atoms with E-state index in [1.54, 1.807) is 7.11 Å². The van der Waals surface area contributed by atoms with E-state index in [0.717, 1.165) is 24.3 Å². The molecule has 1 aromatic carbocycles. The summed E-state index contributed by atoms with van der Waals surface area (Å²) in [6.45, 7) is 0.979. The molecule has 1 aromatic rings. The number of rotatable bonds is 5. The average molecular weight is 226 g/mol. The van der Waals surface area contributed by atoms with Crippen molar-refractivity contribution in [2.24, 2.45) is 0 Å². The summed E-state index contributed by atoms with van der Waals surface area (Å²) in [7, 11) is 3.59. The fraction of sp³-hybridized carbons (Fsp3) is 0.333. The second kappa shape index (κ2) is 6.49. The van der Waals surface area contributed by atoms with Gasteiger partial charge in [-0.05, 0) is 38.2 Å². The zero-order valence-electron chi connectivity index (χ0n) is 9.09. The Labute approximate surface area is 95.9 Å². The van der Waals surface area contributed by atoms with E-state index in [-0.39, 0.29) is 0 Å². The number of hydrogen-bond acceptors (Lipinski definition) is 2. The molecule has 0 fully saturated rings. The quantitative estimate of drug-likeness (QED) is 0.778. The van der Waals surface area contributed by atoms with E-state index < -0.39 is 0 Å². The number of benzene rings is 1. The van der Waals surface area contributed by atoms with E-state index >= 15 is 0 Å². The lowest BCUT2D eigenvalue weighted by atomic mass is 10.2. The Morgan fingerprint density at radius 3 is 2.93 bits per heavy atom. The summed E-state index contributed by atoms with van der Waals surface area (Å²) in [4.78, 5) is 0. The molecule has 0 aliphatic heterocycles. The highest BCUT2D eigenvalue weighted by atomic mass is 35.5. The van der Waals surface area contributed by atoms with Gasteiger partial charge in [-0.15, -0.1) is 0 Å². The van der Waals surface area contributed by atoms with E-state index in [0.29, 0.717) is 5.02 Å². The first kappa shape index (κ1) is 12.1. The van der Waals surface area contributed by atoms with Crippen LogP contribution in [0.15, 0.2) is 24.3 Å². The highest BCUT2D eigenvalue weighted by molar-refractivity contribution is 6.30. The van der Waals surface area contributed by atoms with Gasteiger partial charge in [0.25, 0.3) is 0 Å². The van der Waals surface area contributed by atoms with Crippen LogP contribution >= 0.6 is 11.6 Å². The summed E-state index contributed by atoms with van der Waals surface area (Å²) in [5.41, 5.74) is 1.05. The van der Waals surface area contributed by atoms with Crippen LogP contribution in [0.1, 0.15) is 12.0 Å². The number of methoxy groups -OCH3 is 1. The third-order valence-corrected chi connectivity index (χ3v) is 2.29. The first-order chi connectivity index (χ1) is 7.27. The van der Waals surface area contributed by atoms with E-state index in [2.05, 4.69) is 11.4 Å². The van der Waals surface area contributed by atoms with Crippen molar-refractivity contribution >= 4 is 17.7 Å². The second-order valence-electron chi connectivity index (χ2n) is 3.18. The summed E-state index contributed by atoms with van der Waals surface area (Å²) >= 11 is 5.87. The van der Waals surface area contributed by atoms with Crippen LogP contribution in [0.5, 0.6) is 5.75 Å². The molecule has 1 N–H and O–H groups in total. The van der Waals surface area contributed by atoms with Gasteiger partial charge in [0.1, 0.15) is 5.75 Å². The molecule has 0 heterocycles. The molecule has 15 heavy (non-hydrogen) atoms. The first-order valence-corrected chi connectivity index (χ1v) is 5.30. The van der Waals surface area contributed by atoms with Gasteiger partial charge in [0.15, 0.2) is 0 Å². The Morgan fingerprint density at radius 1 is 1.47 bits per heavy atom. The maximum Gasteiger partial charge on any atom is 0.127 e. The van der Waals surface area contributed by atoms with Crippen molar-refractivity contribution in [3.63, 3.8) is 0 Å². The second-order valence-corrected chi connectivity index (χ2v) is 3.62. The third kappa shape index (κ3) is 3.94. The van der Waals surface area contributed by atoms with Gasteiger partial charge in [-0.3, -0.25) is 0 Å². The van der Waals surface area contributed by atoms with Gasteiger partial charge < -0.3 is 10.1 Å². The molecular formula is C12H16ClNO. The summed E-state index contributed by atoms with van der Waals surface area (Å²) in [5.74, 6) is 0.809. The lowest BCUT2D eigenvalue weighted by molar-refractivity contribution is 0.414. The molecule has 3 heteroatoms. The first-order valence-electron chi connectivity index (χ1n) is 4.92. The molecule has 82 valence electrons. The van der Waals surface area contributed by atoms with Crippen LogP contribution in [0.25, 0.3) is 6.08 Å². The summed E-state index contributed by atoms with van der Waals surface area (Å²) < 4.78 is 5.23. The van der Waals surface area contributed by atoms with Crippen molar-refractivity contribution in [1.29, 1.82) is 0 Å². The molecule has 0 bridgehead atoms. The smallest absolute Gasteiger partial charge is 0.127 e. The molecular weight excluding hydrogens is 210 g/mol. The van der Waals surface area contributed by atoms with Crippen molar-refractivity contribution in [3.05, 3.63) is 34.9 Å². The van der Waals surface area contributed by atoms with Gasteiger partial charge in [-0.1, -0.05) is 23.8 Å². The molecule has 0 aromatic heterocycles. The maximum atomic E-state index is 5.87. The third-order valence-electron chi connectivity index (χ3n) is 2.05. The molecule has 0 saturated carbocycles. The molecule has 1 rings (SSSR count). The minimum absolute atomic E-state index is 0.694. The highest BCUT2D eigenvalue weighted by Gasteiger charge is 1.99. The van der Waals surface area contributed by atoms with Crippen LogP contribution in [-0.2, 0) is 0 Å². The Kier molecular flexibility index (Phi) is 5.22. The Balaban J connectivity index is 2.71. The predicted octanol–water partition coefficient (Wildman–Crippen LogP) is 2.97. The van der Waals surface area contributed by atoms with E-state index in [1.807, 2.05) is 31.3 Å². The molecule has 0 atom stereocenters. The molecule has 0 spiro atoms. The summed E-state index contributed by atoms with van der Waals surface area (Å²) in [6, 6.07) is 5.64. The van der Waals surface area contributed by atoms with Crippen LogP contribution in [0.4, 0.5) is 0 Å². The fourth-order valence-electron chi connectivity index (χ4n) is 1.26. The van der Waals surface area contributed by atoms with E-state index in [4.69, 9.17) is 16.3 Å². The van der Waals surface area contributed by atoms with Gasteiger partial charge in [-0.2, -0.15) is 0 Å². The van der Waals surface area contributed by atoms with E-state index in [9.17, 15) is 0 Å². The van der Waals surface area contributed by atoms with Crippen molar-refractivity contribution in [1.82, 2.24) is 5.32 Å². The molecule has 0 amide bonds. The van der Waals surface area contributed by atoms with Gasteiger partial charge >= 0.3 is 0 Å². The number of ether oxygens (including phenoxy) is 1. The Hall–Kier alpha value is -0.990. The van der Waals surface area contributed by atoms with Gasteiger partial charge in [0, 0.05) is 10.6 Å². The lowest BCUT2D eigenvalue weighted by Crippen LogP contribution is -2.05. The SMILES string of the molecule is CNCCC=Cc1ccc(Cl)cc1OC. The van der Waals surface area contributed by atoms with Crippen LogP contribution in [0, 0.1) is 0 Å². The summed E-state index contributed by atoms with van der Waals surface area (Å²) in [6.07, 6.45) is 5.16. The average Bonchev–Trinajstić information content (AvgIpc) is 2.26. The van der Waals surface area contributed by atoms with Crippen LogP contribution in [0.3, 0.4) is 0 Å². The predicted molar refractivity (Wildman–Crippen MR) is 65.6 cm³/mol. The minimum Gasteiger partial charge on any atom is -0.496 e. The molecule has 2 nitrogen and oxygen atoms in total. The van der Waals surface area contributed by atoms with Crippen molar-refractivity contribution in [3.8, 4) is 5.75 Å². The molecule has 0 aliphatic carbocycles. The zero-order valence-corrected chi connectivity index (χ0v) is 9.84. The molecule has 0 unspecified atom stereocenters. The largest absolute Gasteiger partial charge is 0.496 e. The van der Waals surface area contributed by atoms with E-state index in [1.165, 1.54) is 0 Å². The van der Waals surface area contributed by atoms with Gasteiger partial charge in [-0.25, -0.2) is 0 Å². The number of hydrogen-bond donors (Lipinski definition) is 1.